The van der Waals surface area contributed by atoms with Crippen LogP contribution >= 0.6 is 0 Å². The van der Waals surface area contributed by atoms with E-state index in [1.54, 1.807) is 0 Å². The Labute approximate surface area is 124 Å². The number of aliphatic hydroxyl groups is 1. The van der Waals surface area contributed by atoms with Gasteiger partial charge in [-0.05, 0) is 76.0 Å². The van der Waals surface area contributed by atoms with Crippen LogP contribution in [0.1, 0.15) is 13.3 Å². The van der Waals surface area contributed by atoms with E-state index < -0.39 is 6.10 Å². The fourth-order valence-electron chi connectivity index (χ4n) is 0.866. The van der Waals surface area contributed by atoms with Crippen LogP contribution in [0.25, 0.3) is 0 Å². The zero-order valence-electron chi connectivity index (χ0n) is 11.8. The molecule has 0 rings (SSSR count). The molecule has 4 N–H and O–H groups in total. The monoisotopic (exact) mass is 272 g/mol. The average Bonchev–Trinajstić information content (AvgIpc) is 2.50. The SMILES string of the molecule is C=C=C=C=C=C=C=C=C=C=C=C=C=C=C[C@H](O)[C@@H]([NH3+])CC. The van der Waals surface area contributed by atoms with Crippen LogP contribution in [0.3, 0.4) is 0 Å². The first-order valence-electron chi connectivity index (χ1n) is 6.09. The highest BCUT2D eigenvalue weighted by atomic mass is 16.3. The largest absolute Gasteiger partial charge is 0.382 e. The number of hydrogen-bond donors (Lipinski definition) is 2. The Bertz CT molecular complexity index is 840. The molecule has 0 aliphatic heterocycles. The standard InChI is InChI=1S/C19H13NO/c1-3-5-6-7-8-9-10-11-12-13-14-15-16-17-19(21)18(20)4-2/h17-19,21H,1,4,20H2,2H3/p+1/t18-,19-/m0/s1. The second-order valence-electron chi connectivity index (χ2n) is 3.52. The molecule has 2 heteroatoms. The summed E-state index contributed by atoms with van der Waals surface area (Å²) in [5.41, 5.74) is 36.3. The Morgan fingerprint density at radius 3 is 1.76 bits per heavy atom. The number of quaternary nitrogens is 1. The third kappa shape index (κ3) is 11.6. The number of hydrogen-bond acceptors (Lipinski definition) is 1. The summed E-state index contributed by atoms with van der Waals surface area (Å²) in [4.78, 5) is 0. The zero-order valence-corrected chi connectivity index (χ0v) is 11.8. The lowest BCUT2D eigenvalue weighted by Gasteiger charge is -2.07. The smallest absolute Gasteiger partial charge is 0.132 e. The van der Waals surface area contributed by atoms with Gasteiger partial charge in [0.2, 0.25) is 0 Å². The maximum atomic E-state index is 9.55. The molecule has 0 amide bonds. The Hall–Kier alpha value is -3.20. The Morgan fingerprint density at radius 2 is 1.33 bits per heavy atom. The van der Waals surface area contributed by atoms with Gasteiger partial charge in [-0.2, -0.15) is 0 Å². The lowest BCUT2D eigenvalue weighted by molar-refractivity contribution is -0.433. The van der Waals surface area contributed by atoms with Crippen molar-refractivity contribution >= 4 is 0 Å². The van der Waals surface area contributed by atoms with Crippen LogP contribution in [-0.4, -0.2) is 17.3 Å². The van der Waals surface area contributed by atoms with Crippen molar-refractivity contribution in [2.75, 3.05) is 0 Å². The predicted molar refractivity (Wildman–Crippen MR) is 78.8 cm³/mol. The second kappa shape index (κ2) is 13.2. The van der Waals surface area contributed by atoms with Crippen LogP contribution in [0.2, 0.25) is 0 Å². The minimum atomic E-state index is -0.637. The molecule has 0 fully saturated rings. The molecule has 0 radical (unpaired) electrons. The minimum absolute atomic E-state index is 0.0579. The molecule has 0 aliphatic carbocycles. The molecule has 2 atom stereocenters. The molecule has 2 nitrogen and oxygen atoms in total. The maximum absolute atomic E-state index is 9.55. The molecule has 0 aromatic carbocycles. The molecule has 0 saturated carbocycles. The van der Waals surface area contributed by atoms with Crippen molar-refractivity contribution < 1.29 is 10.8 Å². The van der Waals surface area contributed by atoms with Crippen LogP contribution in [0, 0.1) is 0 Å². The minimum Gasteiger partial charge on any atom is -0.382 e. The van der Waals surface area contributed by atoms with Gasteiger partial charge in [-0.1, -0.05) is 18.4 Å². The van der Waals surface area contributed by atoms with Crippen molar-refractivity contribution in [1.82, 2.24) is 0 Å². The Balaban J connectivity index is 5.34. The van der Waals surface area contributed by atoms with Crippen molar-refractivity contribution in [2.24, 2.45) is 0 Å². The first kappa shape index (κ1) is 17.8. The van der Waals surface area contributed by atoms with Crippen molar-refractivity contribution in [3.8, 4) is 0 Å². The normalized spacial score (nSPS) is 9.10. The van der Waals surface area contributed by atoms with E-state index in [0.29, 0.717) is 0 Å². The lowest BCUT2D eigenvalue weighted by atomic mass is 10.1. The Kier molecular flexibility index (Phi) is 11.2. The van der Waals surface area contributed by atoms with E-state index in [0.717, 1.165) is 6.42 Å². The van der Waals surface area contributed by atoms with Gasteiger partial charge in [0.25, 0.3) is 0 Å². The van der Waals surface area contributed by atoms with Crippen molar-refractivity contribution in [3.05, 3.63) is 87.2 Å². The van der Waals surface area contributed by atoms with E-state index >= 15 is 0 Å². The summed E-state index contributed by atoms with van der Waals surface area (Å²) in [6.45, 7) is 5.25. The zero-order chi connectivity index (χ0) is 15.8. The van der Waals surface area contributed by atoms with Gasteiger partial charge in [-0.15, -0.1) is 0 Å². The molecule has 0 bridgehead atoms. The molecule has 0 aromatic heterocycles. The molecule has 0 aromatic rings. The van der Waals surface area contributed by atoms with Gasteiger partial charge < -0.3 is 10.8 Å². The highest BCUT2D eigenvalue weighted by Crippen LogP contribution is 1.92. The van der Waals surface area contributed by atoms with E-state index in [-0.39, 0.29) is 6.04 Å². The third-order valence-electron chi connectivity index (χ3n) is 2.05. The van der Waals surface area contributed by atoms with Crippen molar-refractivity contribution in [3.63, 3.8) is 0 Å². The maximum Gasteiger partial charge on any atom is 0.132 e. The quantitative estimate of drug-likeness (QED) is 0.753. The highest BCUT2D eigenvalue weighted by molar-refractivity contribution is 4.94. The summed E-state index contributed by atoms with van der Waals surface area (Å²) in [6, 6.07) is -0.0579. The summed E-state index contributed by atoms with van der Waals surface area (Å²) in [7, 11) is 0. The molecule has 0 aliphatic rings. The van der Waals surface area contributed by atoms with Gasteiger partial charge in [-0.3, -0.25) is 0 Å². The molecule has 0 saturated heterocycles. The van der Waals surface area contributed by atoms with Gasteiger partial charge in [-0.25, -0.2) is 0 Å². The van der Waals surface area contributed by atoms with Gasteiger partial charge in [0.1, 0.15) is 12.1 Å². The third-order valence-corrected chi connectivity index (χ3v) is 2.05. The van der Waals surface area contributed by atoms with Crippen LogP contribution in [0.15, 0.2) is 87.2 Å². The van der Waals surface area contributed by atoms with Crippen LogP contribution in [-0.2, 0) is 0 Å². The molecule has 100 valence electrons. The fraction of sp³-hybridized carbons (Fsp3) is 0.211. The van der Waals surface area contributed by atoms with Crippen LogP contribution in [0.5, 0.6) is 0 Å². The average molecular weight is 272 g/mol. The van der Waals surface area contributed by atoms with Gasteiger partial charge in [0.05, 0.1) is 0 Å². The fourth-order valence-corrected chi connectivity index (χ4v) is 0.866. The molecule has 21 heavy (non-hydrogen) atoms. The topological polar surface area (TPSA) is 47.9 Å². The summed E-state index contributed by atoms with van der Waals surface area (Å²) in [6.07, 6.45) is 1.62. The van der Waals surface area contributed by atoms with Crippen LogP contribution in [0.4, 0.5) is 0 Å². The van der Waals surface area contributed by atoms with E-state index in [2.05, 4.69) is 86.8 Å². The summed E-state index contributed by atoms with van der Waals surface area (Å²) >= 11 is 0. The number of rotatable bonds is 3. The van der Waals surface area contributed by atoms with Gasteiger partial charge in [0.15, 0.2) is 0 Å². The van der Waals surface area contributed by atoms with E-state index in [1.165, 1.54) is 6.08 Å². The first-order valence-corrected chi connectivity index (χ1v) is 6.09. The molecule has 0 spiro atoms. The summed E-state index contributed by atoms with van der Waals surface area (Å²) in [5, 5.41) is 9.55. The Morgan fingerprint density at radius 1 is 0.905 bits per heavy atom. The molecular formula is C19H14NO+. The highest BCUT2D eigenvalue weighted by Gasteiger charge is 2.11. The van der Waals surface area contributed by atoms with Crippen LogP contribution < -0.4 is 5.73 Å². The first-order chi connectivity index (χ1) is 10.2. The van der Waals surface area contributed by atoms with E-state index in [4.69, 9.17) is 0 Å². The summed E-state index contributed by atoms with van der Waals surface area (Å²) < 4.78 is 0. The van der Waals surface area contributed by atoms with E-state index in [9.17, 15) is 5.11 Å². The molecule has 0 unspecified atom stereocenters. The number of aliphatic hydroxyl groups excluding tert-OH is 1. The lowest BCUT2D eigenvalue weighted by Crippen LogP contribution is -2.65. The second-order valence-corrected chi connectivity index (χ2v) is 3.52. The van der Waals surface area contributed by atoms with Gasteiger partial charge >= 0.3 is 0 Å². The van der Waals surface area contributed by atoms with Crippen molar-refractivity contribution in [2.45, 2.75) is 25.5 Å². The van der Waals surface area contributed by atoms with Gasteiger partial charge in [0, 0.05) is 6.08 Å². The predicted octanol–water partition coefficient (Wildman–Crippen LogP) is 1.57. The van der Waals surface area contributed by atoms with Crippen molar-refractivity contribution in [1.29, 1.82) is 0 Å². The molecule has 0 heterocycles. The van der Waals surface area contributed by atoms with E-state index in [1.807, 2.05) is 6.92 Å². The summed E-state index contributed by atoms with van der Waals surface area (Å²) in [5.74, 6) is 0. The molecular weight excluding hydrogens is 258 g/mol.